The van der Waals surface area contributed by atoms with Crippen LogP contribution < -0.4 is 47.8 Å². The molecule has 5 aromatic heterocycles. The van der Waals surface area contributed by atoms with E-state index in [1.165, 1.54) is 24.7 Å². The molecule has 0 radical (unpaired) electrons. The summed E-state index contributed by atoms with van der Waals surface area (Å²) in [5.74, 6) is 1.16. The summed E-state index contributed by atoms with van der Waals surface area (Å²) in [4.78, 5) is 62.4. The number of aromatic nitrogens is 5. The average molecular weight is 904 g/mol. The Hall–Kier alpha value is -9.01. The minimum atomic E-state index is -0.601. The van der Waals surface area contributed by atoms with E-state index < -0.39 is 34.9 Å². The zero-order valence-corrected chi connectivity index (χ0v) is 36.3. The molecule has 342 valence electrons. The number of hydrogen-bond acceptors (Lipinski definition) is 17. The number of nitrogens with zero attached hydrogens (tertiary/aromatic N) is 3. The number of hydrogen-bond donors (Lipinski definition) is 7. The summed E-state index contributed by atoms with van der Waals surface area (Å²) in [5, 5.41) is 15.0. The number of anilines is 4. The van der Waals surface area contributed by atoms with Gasteiger partial charge in [-0.05, 0) is 114 Å². The van der Waals surface area contributed by atoms with Crippen molar-refractivity contribution in [3.63, 3.8) is 0 Å². The first-order chi connectivity index (χ1) is 31.3. The SMILES string of the molecule is CC(C)(C)OC(=O)Nc1ccc(Oc2ccnc(N)c2O)cc1.CC(C)(C)OC(=O)Nc1ccc(Oc2ccnc3[nH]c(=O)oc23)cc1.Nc1ccc(Oc2ccnc3[nH]c(=O)oc23)cc1. The number of carbonyl (C=O) groups excluding carboxylic acids is 2. The fourth-order valence-corrected chi connectivity index (χ4v) is 5.33. The molecule has 0 aliphatic rings. The second kappa shape index (κ2) is 20.0. The number of amides is 2. The number of nitrogen functional groups attached to an aromatic ring is 2. The third-order valence-electron chi connectivity index (χ3n) is 8.05. The van der Waals surface area contributed by atoms with Gasteiger partial charge in [0.25, 0.3) is 0 Å². The van der Waals surface area contributed by atoms with Crippen LogP contribution in [0.4, 0.5) is 32.5 Å². The van der Waals surface area contributed by atoms with Crippen molar-refractivity contribution in [3.8, 4) is 40.2 Å². The maximum absolute atomic E-state index is 11.7. The summed E-state index contributed by atoms with van der Waals surface area (Å²) in [6.45, 7) is 10.7. The topological polar surface area (TPSA) is 307 Å². The number of carbonyl (C=O) groups is 2. The number of fused-ring (bicyclic) bond motifs is 2. The molecular weight excluding hydrogens is 859 g/mol. The molecule has 0 unspecified atom stereocenters. The highest BCUT2D eigenvalue weighted by Crippen LogP contribution is 2.34. The van der Waals surface area contributed by atoms with E-state index in [0.717, 1.165) is 0 Å². The van der Waals surface area contributed by atoms with Crippen molar-refractivity contribution in [3.05, 3.63) is 131 Å². The lowest BCUT2D eigenvalue weighted by Crippen LogP contribution is -2.27. The number of aromatic hydroxyl groups is 1. The van der Waals surface area contributed by atoms with Gasteiger partial charge in [-0.3, -0.25) is 20.6 Å². The number of rotatable bonds is 8. The van der Waals surface area contributed by atoms with E-state index in [2.05, 4.69) is 35.6 Å². The van der Waals surface area contributed by atoms with Crippen LogP contribution in [0.15, 0.2) is 128 Å². The first-order valence-electron chi connectivity index (χ1n) is 19.8. The number of nitrogens with one attached hydrogen (secondary N) is 4. The molecule has 21 heteroatoms. The van der Waals surface area contributed by atoms with Crippen LogP contribution in [0.5, 0.6) is 40.2 Å². The lowest BCUT2D eigenvalue weighted by atomic mass is 10.2. The third kappa shape index (κ3) is 13.5. The first kappa shape index (κ1) is 46.5. The van der Waals surface area contributed by atoms with Gasteiger partial charge >= 0.3 is 23.7 Å². The van der Waals surface area contributed by atoms with E-state index in [1.807, 2.05) is 0 Å². The summed E-state index contributed by atoms with van der Waals surface area (Å²) >= 11 is 0. The van der Waals surface area contributed by atoms with Crippen molar-refractivity contribution in [2.24, 2.45) is 0 Å². The molecule has 0 aliphatic carbocycles. The predicted molar refractivity (Wildman–Crippen MR) is 243 cm³/mol. The Morgan fingerprint density at radius 3 is 1.33 bits per heavy atom. The first-order valence-corrected chi connectivity index (χ1v) is 19.8. The number of benzene rings is 3. The minimum Gasteiger partial charge on any atom is -0.502 e. The average Bonchev–Trinajstić information content (AvgIpc) is 3.83. The summed E-state index contributed by atoms with van der Waals surface area (Å²) in [6.07, 6.45) is 3.39. The Labute approximate surface area is 374 Å². The van der Waals surface area contributed by atoms with E-state index in [-0.39, 0.29) is 22.9 Å². The van der Waals surface area contributed by atoms with Gasteiger partial charge in [0, 0.05) is 53.9 Å². The minimum absolute atomic E-state index is 0.00860. The highest BCUT2D eigenvalue weighted by atomic mass is 16.6. The van der Waals surface area contributed by atoms with Crippen LogP contribution in [0, 0.1) is 0 Å². The zero-order valence-electron chi connectivity index (χ0n) is 36.3. The number of H-pyrrole nitrogens is 2. The highest BCUT2D eigenvalue weighted by molar-refractivity contribution is 5.85. The molecule has 21 nitrogen and oxygen atoms in total. The number of pyridine rings is 3. The molecule has 0 fully saturated rings. The molecule has 5 heterocycles. The summed E-state index contributed by atoms with van der Waals surface area (Å²) < 4.78 is 37.2. The smallest absolute Gasteiger partial charge is 0.418 e. The van der Waals surface area contributed by atoms with E-state index in [4.69, 9.17) is 44.0 Å². The summed E-state index contributed by atoms with van der Waals surface area (Å²) in [7, 11) is 0. The largest absolute Gasteiger partial charge is 0.502 e. The maximum atomic E-state index is 11.7. The van der Waals surface area contributed by atoms with Crippen molar-refractivity contribution in [2.75, 3.05) is 22.1 Å². The fourth-order valence-electron chi connectivity index (χ4n) is 5.33. The van der Waals surface area contributed by atoms with Crippen molar-refractivity contribution >= 4 is 57.5 Å². The summed E-state index contributed by atoms with van der Waals surface area (Å²) in [5.41, 5.74) is 12.9. The molecule has 0 aliphatic heterocycles. The molecule has 0 atom stereocenters. The lowest BCUT2D eigenvalue weighted by molar-refractivity contribution is 0.0624. The molecule has 0 saturated carbocycles. The lowest BCUT2D eigenvalue weighted by Gasteiger charge is -2.19. The van der Waals surface area contributed by atoms with E-state index in [1.54, 1.807) is 126 Å². The van der Waals surface area contributed by atoms with Crippen LogP contribution in [-0.2, 0) is 9.47 Å². The van der Waals surface area contributed by atoms with Crippen LogP contribution in [0.1, 0.15) is 41.5 Å². The second-order valence-electron chi connectivity index (χ2n) is 15.7. The van der Waals surface area contributed by atoms with Gasteiger partial charge in [0.2, 0.25) is 16.9 Å². The van der Waals surface area contributed by atoms with Gasteiger partial charge in [0.15, 0.2) is 34.4 Å². The van der Waals surface area contributed by atoms with E-state index >= 15 is 0 Å². The Morgan fingerprint density at radius 1 is 0.561 bits per heavy atom. The number of oxazole rings is 2. The van der Waals surface area contributed by atoms with Crippen LogP contribution >= 0.6 is 0 Å². The number of ether oxygens (including phenoxy) is 5. The molecule has 8 rings (SSSR count). The van der Waals surface area contributed by atoms with Crippen molar-refractivity contribution < 1.29 is 47.2 Å². The Balaban J connectivity index is 0.000000166. The second-order valence-corrected chi connectivity index (χ2v) is 15.7. The Morgan fingerprint density at radius 2 is 0.924 bits per heavy atom. The fraction of sp³-hybridized carbons (Fsp3) is 0.178. The van der Waals surface area contributed by atoms with Gasteiger partial charge in [-0.2, -0.15) is 0 Å². The van der Waals surface area contributed by atoms with Gasteiger partial charge in [-0.25, -0.2) is 34.1 Å². The zero-order chi connectivity index (χ0) is 47.6. The van der Waals surface area contributed by atoms with Gasteiger partial charge in [0.1, 0.15) is 28.5 Å². The molecule has 3 aromatic carbocycles. The van der Waals surface area contributed by atoms with Crippen molar-refractivity contribution in [2.45, 2.75) is 52.7 Å². The molecule has 8 aromatic rings. The standard InChI is InChI=1S/C17H17N3O5.C16H19N3O4.C12H9N3O3/c1-17(2,3)25-16(22)19-10-4-6-11(7-5-10)23-12-8-9-18-14-13(12)24-15(21)20-14;1-16(2,3)23-15(21)19-10-4-6-11(7-5-10)22-12-8-9-18-14(17)13(12)20;13-7-1-3-8(4-2-7)17-9-5-6-14-11-10(9)18-12(16)15-11/h4-9H,1-3H3,(H,19,22)(H,18,20,21);4-9,20H,1-3H3,(H2,17,18)(H,19,21);1-6H,13H2,(H,14,15,16). The van der Waals surface area contributed by atoms with Crippen LogP contribution in [0.2, 0.25) is 0 Å². The number of aromatic amines is 2. The van der Waals surface area contributed by atoms with E-state index in [9.17, 15) is 24.3 Å². The van der Waals surface area contributed by atoms with Crippen LogP contribution in [-0.4, -0.2) is 53.4 Å². The van der Waals surface area contributed by atoms with Gasteiger partial charge in [-0.15, -0.1) is 0 Å². The third-order valence-corrected chi connectivity index (χ3v) is 8.05. The molecule has 0 bridgehead atoms. The van der Waals surface area contributed by atoms with E-state index in [0.29, 0.717) is 62.7 Å². The Kier molecular flexibility index (Phi) is 14.1. The predicted octanol–water partition coefficient (Wildman–Crippen LogP) is 9.05. The Bertz CT molecular complexity index is 3040. The molecule has 66 heavy (non-hydrogen) atoms. The molecule has 0 saturated heterocycles. The summed E-state index contributed by atoms with van der Waals surface area (Å²) in [6, 6.07) is 24.9. The van der Waals surface area contributed by atoms with Crippen molar-refractivity contribution in [1.82, 2.24) is 24.9 Å². The molecule has 2 amide bonds. The molecular formula is C45H45N9O12. The maximum Gasteiger partial charge on any atom is 0.418 e. The molecule has 9 N–H and O–H groups in total. The van der Waals surface area contributed by atoms with Gasteiger partial charge in [-0.1, -0.05) is 0 Å². The van der Waals surface area contributed by atoms with Crippen LogP contribution in [0.25, 0.3) is 22.5 Å². The van der Waals surface area contributed by atoms with Crippen molar-refractivity contribution in [1.29, 1.82) is 0 Å². The molecule has 0 spiro atoms. The monoisotopic (exact) mass is 903 g/mol. The van der Waals surface area contributed by atoms with Crippen LogP contribution in [0.3, 0.4) is 0 Å². The quantitative estimate of drug-likeness (QED) is 0.0699. The van der Waals surface area contributed by atoms with Gasteiger partial charge in [0.05, 0.1) is 0 Å². The van der Waals surface area contributed by atoms with Gasteiger partial charge < -0.3 is 49.1 Å². The number of nitrogens with two attached hydrogens (primary N) is 2. The normalized spacial score (nSPS) is 11.0. The highest BCUT2D eigenvalue weighted by Gasteiger charge is 2.18.